The highest BCUT2D eigenvalue weighted by Crippen LogP contribution is 2.34. The Bertz CT molecular complexity index is 1110. The summed E-state index contributed by atoms with van der Waals surface area (Å²) in [5.41, 5.74) is 0.447. The average molecular weight is 423 g/mol. The zero-order valence-corrected chi connectivity index (χ0v) is 16.1. The molecule has 0 saturated carbocycles. The van der Waals surface area contributed by atoms with Crippen LogP contribution in [0.2, 0.25) is 0 Å². The van der Waals surface area contributed by atoms with Crippen LogP contribution in [-0.4, -0.2) is 56.3 Å². The van der Waals surface area contributed by atoms with Gasteiger partial charge in [-0.05, 0) is 53.6 Å². The molecule has 1 atom stereocenters. The van der Waals surface area contributed by atoms with E-state index < -0.39 is 29.9 Å². The summed E-state index contributed by atoms with van der Waals surface area (Å²) in [6.45, 7) is 0. The molecule has 0 bridgehead atoms. The van der Waals surface area contributed by atoms with Crippen LogP contribution in [0.25, 0.3) is 5.70 Å². The lowest BCUT2D eigenvalue weighted by atomic mass is 9.94. The third kappa shape index (κ3) is 4.30. The monoisotopic (exact) mass is 423 g/mol. The highest BCUT2D eigenvalue weighted by Gasteiger charge is 2.24. The van der Waals surface area contributed by atoms with Crippen molar-refractivity contribution in [2.75, 3.05) is 7.05 Å². The summed E-state index contributed by atoms with van der Waals surface area (Å²) >= 11 is 0. The molecule has 2 aromatic rings. The second kappa shape index (κ2) is 8.15. The van der Waals surface area contributed by atoms with Gasteiger partial charge in [0.2, 0.25) is 0 Å². The SMILES string of the molecule is CN1C(c2cc(C(=O)O)cc(C(=O)O)c2)=CC=CC1c1cc(C(=O)O)cc(C(=O)O)c1. The predicted molar refractivity (Wildman–Crippen MR) is 108 cm³/mol. The number of likely N-dealkylation sites (N-methyl/N-ethyl adjacent to an activating group) is 1. The first-order valence-corrected chi connectivity index (χ1v) is 8.93. The van der Waals surface area contributed by atoms with Gasteiger partial charge in [0.1, 0.15) is 0 Å². The van der Waals surface area contributed by atoms with E-state index in [4.69, 9.17) is 0 Å². The van der Waals surface area contributed by atoms with E-state index >= 15 is 0 Å². The Morgan fingerprint density at radius 1 is 0.710 bits per heavy atom. The molecule has 31 heavy (non-hydrogen) atoms. The summed E-state index contributed by atoms with van der Waals surface area (Å²) < 4.78 is 0. The van der Waals surface area contributed by atoms with Crippen molar-refractivity contribution in [1.29, 1.82) is 0 Å². The van der Waals surface area contributed by atoms with Crippen LogP contribution in [-0.2, 0) is 0 Å². The summed E-state index contributed by atoms with van der Waals surface area (Å²) in [5.74, 6) is -5.11. The maximum absolute atomic E-state index is 11.4. The van der Waals surface area contributed by atoms with Crippen LogP contribution in [0.15, 0.2) is 54.6 Å². The van der Waals surface area contributed by atoms with Crippen LogP contribution < -0.4 is 0 Å². The van der Waals surface area contributed by atoms with Crippen LogP contribution >= 0.6 is 0 Å². The maximum Gasteiger partial charge on any atom is 0.335 e. The lowest BCUT2D eigenvalue weighted by Gasteiger charge is -2.33. The highest BCUT2D eigenvalue weighted by molar-refractivity contribution is 5.96. The molecule has 0 aromatic heterocycles. The topological polar surface area (TPSA) is 152 Å². The van der Waals surface area contributed by atoms with Gasteiger partial charge in [0.15, 0.2) is 0 Å². The van der Waals surface area contributed by atoms with E-state index in [9.17, 15) is 39.6 Å². The Labute approximate surface area is 175 Å². The quantitative estimate of drug-likeness (QED) is 0.549. The summed E-state index contributed by atoms with van der Waals surface area (Å²) in [7, 11) is 1.65. The molecule has 0 fully saturated rings. The van der Waals surface area contributed by atoms with Crippen molar-refractivity contribution in [2.24, 2.45) is 0 Å². The smallest absolute Gasteiger partial charge is 0.335 e. The van der Waals surface area contributed by atoms with Crippen LogP contribution in [0.3, 0.4) is 0 Å². The van der Waals surface area contributed by atoms with Gasteiger partial charge in [-0.2, -0.15) is 0 Å². The minimum atomic E-state index is -1.28. The van der Waals surface area contributed by atoms with Crippen molar-refractivity contribution in [2.45, 2.75) is 6.04 Å². The fourth-order valence-electron chi connectivity index (χ4n) is 3.37. The molecule has 0 spiro atoms. The number of carboxylic acid groups (broad SMARTS) is 4. The number of carboxylic acids is 4. The van der Waals surface area contributed by atoms with Crippen molar-refractivity contribution in [3.8, 4) is 0 Å². The first-order valence-electron chi connectivity index (χ1n) is 8.93. The summed E-state index contributed by atoms with van der Waals surface area (Å²) in [4.78, 5) is 47.4. The fourth-order valence-corrected chi connectivity index (χ4v) is 3.37. The minimum Gasteiger partial charge on any atom is -0.478 e. The van der Waals surface area contributed by atoms with E-state index in [2.05, 4.69) is 0 Å². The molecule has 9 nitrogen and oxygen atoms in total. The summed E-state index contributed by atoms with van der Waals surface area (Å²) in [5, 5.41) is 37.3. The third-order valence-corrected chi connectivity index (χ3v) is 4.86. The molecule has 158 valence electrons. The Kier molecular flexibility index (Phi) is 5.60. The third-order valence-electron chi connectivity index (χ3n) is 4.86. The van der Waals surface area contributed by atoms with Gasteiger partial charge < -0.3 is 25.3 Å². The standard InChI is InChI=1S/C22H17NO8/c1-23-17(11-5-13(19(24)25)9-14(6-11)20(26)27)3-2-4-18(23)12-7-15(21(28)29)10-16(8-12)22(30)31/h2-10,17H,1H3,(H,24,25)(H,26,27)(H,28,29)(H,30,31). The van der Waals surface area contributed by atoms with Gasteiger partial charge in [-0.25, -0.2) is 19.2 Å². The van der Waals surface area contributed by atoms with E-state index in [0.29, 0.717) is 16.8 Å². The van der Waals surface area contributed by atoms with E-state index in [1.54, 1.807) is 30.2 Å². The highest BCUT2D eigenvalue weighted by atomic mass is 16.4. The van der Waals surface area contributed by atoms with Gasteiger partial charge in [-0.1, -0.05) is 12.2 Å². The van der Waals surface area contributed by atoms with Gasteiger partial charge in [0.25, 0.3) is 0 Å². The number of benzene rings is 2. The molecular formula is C22H17NO8. The second-order valence-electron chi connectivity index (χ2n) is 6.86. The molecule has 1 aliphatic rings. The Morgan fingerprint density at radius 3 is 1.55 bits per heavy atom. The molecule has 3 rings (SSSR count). The largest absolute Gasteiger partial charge is 0.478 e. The number of carbonyl (C=O) groups is 4. The average Bonchev–Trinajstić information content (AvgIpc) is 2.73. The zero-order valence-electron chi connectivity index (χ0n) is 16.1. The van der Waals surface area contributed by atoms with Crippen molar-refractivity contribution < 1.29 is 39.6 Å². The molecule has 1 heterocycles. The van der Waals surface area contributed by atoms with Crippen LogP contribution in [0.1, 0.15) is 58.6 Å². The summed E-state index contributed by atoms with van der Waals surface area (Å²) in [6.07, 6.45) is 5.03. The Morgan fingerprint density at radius 2 is 1.13 bits per heavy atom. The van der Waals surface area contributed by atoms with Crippen molar-refractivity contribution in [3.63, 3.8) is 0 Å². The van der Waals surface area contributed by atoms with Crippen molar-refractivity contribution in [3.05, 3.63) is 88.0 Å². The molecule has 0 amide bonds. The minimum absolute atomic E-state index is 0.186. The molecule has 9 heteroatoms. The molecule has 1 aliphatic heterocycles. The fraction of sp³-hybridized carbons (Fsp3) is 0.0909. The van der Waals surface area contributed by atoms with Crippen molar-refractivity contribution in [1.82, 2.24) is 4.90 Å². The van der Waals surface area contributed by atoms with Gasteiger partial charge in [-0.3, -0.25) is 0 Å². The van der Waals surface area contributed by atoms with E-state index in [1.165, 1.54) is 24.3 Å². The number of nitrogens with zero attached hydrogens (tertiary/aromatic N) is 1. The van der Waals surface area contributed by atoms with Gasteiger partial charge in [0.05, 0.1) is 28.3 Å². The van der Waals surface area contributed by atoms with Gasteiger partial charge in [-0.15, -0.1) is 0 Å². The second-order valence-corrected chi connectivity index (χ2v) is 6.86. The number of hydrogen-bond donors (Lipinski definition) is 4. The van der Waals surface area contributed by atoms with E-state index in [-0.39, 0.29) is 22.3 Å². The molecule has 1 unspecified atom stereocenters. The number of hydrogen-bond acceptors (Lipinski definition) is 5. The lowest BCUT2D eigenvalue weighted by Crippen LogP contribution is -2.24. The predicted octanol–water partition coefficient (Wildman–Crippen LogP) is 3.06. The molecule has 4 N–H and O–H groups in total. The van der Waals surface area contributed by atoms with E-state index in [0.717, 1.165) is 12.1 Å². The first kappa shape index (κ1) is 21.3. The number of aromatic carboxylic acids is 4. The number of allylic oxidation sites excluding steroid dienone is 2. The van der Waals surface area contributed by atoms with Crippen LogP contribution in [0.4, 0.5) is 0 Å². The molecule has 0 saturated heterocycles. The molecular weight excluding hydrogens is 406 g/mol. The molecule has 0 radical (unpaired) electrons. The first-order chi connectivity index (χ1) is 14.6. The normalized spacial score (nSPS) is 15.3. The van der Waals surface area contributed by atoms with Crippen molar-refractivity contribution >= 4 is 29.6 Å². The number of rotatable bonds is 6. The summed E-state index contributed by atoms with van der Waals surface area (Å²) in [6, 6.07) is 6.94. The zero-order chi connectivity index (χ0) is 22.9. The van der Waals surface area contributed by atoms with Gasteiger partial charge in [0, 0.05) is 12.7 Å². The lowest BCUT2D eigenvalue weighted by molar-refractivity contribution is 0.0676. The molecule has 0 aliphatic carbocycles. The maximum atomic E-state index is 11.4. The Balaban J connectivity index is 2.08. The molecule has 2 aromatic carbocycles. The van der Waals surface area contributed by atoms with Gasteiger partial charge >= 0.3 is 23.9 Å². The van der Waals surface area contributed by atoms with Crippen LogP contribution in [0.5, 0.6) is 0 Å². The Hall–Kier alpha value is -4.40. The van der Waals surface area contributed by atoms with E-state index in [1.807, 2.05) is 0 Å². The van der Waals surface area contributed by atoms with Crippen LogP contribution in [0, 0.1) is 0 Å².